The van der Waals surface area contributed by atoms with Crippen LogP contribution in [0.15, 0.2) is 35.4 Å². The van der Waals surface area contributed by atoms with Crippen LogP contribution in [0.5, 0.6) is 0 Å². The predicted octanol–water partition coefficient (Wildman–Crippen LogP) is 3.79. The van der Waals surface area contributed by atoms with Gasteiger partial charge in [0.25, 0.3) is 5.56 Å². The van der Waals surface area contributed by atoms with Crippen LogP contribution in [-0.4, -0.2) is 54.0 Å². The van der Waals surface area contributed by atoms with Crippen molar-refractivity contribution in [2.75, 3.05) is 18.0 Å². The first-order valence-corrected chi connectivity index (χ1v) is 12.9. The predicted molar refractivity (Wildman–Crippen MR) is 141 cm³/mol. The van der Waals surface area contributed by atoms with Crippen molar-refractivity contribution in [1.82, 2.24) is 28.9 Å². The van der Waals surface area contributed by atoms with Crippen molar-refractivity contribution >= 4 is 22.2 Å². The number of halogens is 1. The molecule has 5 rings (SSSR count). The number of nitrogens with zero attached hydrogens (tertiary/aromatic N) is 8. The Labute approximate surface area is 215 Å². The van der Waals surface area contributed by atoms with E-state index in [1.807, 2.05) is 18.3 Å². The number of nitriles is 1. The Morgan fingerprint density at radius 2 is 1.92 bits per heavy atom. The van der Waals surface area contributed by atoms with Crippen molar-refractivity contribution in [3.63, 3.8) is 0 Å². The van der Waals surface area contributed by atoms with Gasteiger partial charge in [0.1, 0.15) is 17.6 Å². The summed E-state index contributed by atoms with van der Waals surface area (Å²) in [6.45, 7) is 9.88. The molecule has 0 saturated carbocycles. The molecule has 194 valence electrons. The highest BCUT2D eigenvalue weighted by molar-refractivity contribution is 5.88. The van der Waals surface area contributed by atoms with Gasteiger partial charge in [-0.15, -0.1) is 0 Å². The van der Waals surface area contributed by atoms with Gasteiger partial charge in [-0.05, 0) is 44.4 Å². The molecular weight excluding hydrogens is 471 g/mol. The molecule has 1 unspecified atom stereocenters. The van der Waals surface area contributed by atoms with E-state index < -0.39 is 0 Å². The van der Waals surface area contributed by atoms with E-state index in [0.29, 0.717) is 11.2 Å². The first-order chi connectivity index (χ1) is 17.8. The molecule has 1 fully saturated rings. The van der Waals surface area contributed by atoms with Crippen molar-refractivity contribution < 1.29 is 4.39 Å². The number of fused-ring (bicyclic) bond motifs is 2. The molecule has 0 bridgehead atoms. The zero-order chi connectivity index (χ0) is 26.4. The highest BCUT2D eigenvalue weighted by atomic mass is 19.1. The number of hydrogen-bond donors (Lipinski definition) is 0. The molecule has 0 aliphatic carbocycles. The summed E-state index contributed by atoms with van der Waals surface area (Å²) < 4.78 is 19.4. The van der Waals surface area contributed by atoms with E-state index in [9.17, 15) is 9.18 Å². The maximum atomic E-state index is 14.6. The fourth-order valence-corrected chi connectivity index (χ4v) is 5.67. The molecule has 37 heavy (non-hydrogen) atoms. The summed E-state index contributed by atoms with van der Waals surface area (Å²) in [4.78, 5) is 17.7. The average Bonchev–Trinajstić information content (AvgIpc) is 3.45. The van der Waals surface area contributed by atoms with Gasteiger partial charge in [-0.3, -0.25) is 14.4 Å². The fraction of sp³-hybridized carbons (Fsp3) is 0.481. The molecule has 0 spiro atoms. The van der Waals surface area contributed by atoms with E-state index in [4.69, 9.17) is 5.26 Å². The summed E-state index contributed by atoms with van der Waals surface area (Å²) in [6, 6.07) is 8.22. The van der Waals surface area contributed by atoms with Crippen LogP contribution in [0.3, 0.4) is 0 Å². The highest BCUT2D eigenvalue weighted by Gasteiger charge is 2.36. The number of anilines is 1. The molecule has 9 nitrogen and oxygen atoms in total. The average molecular weight is 505 g/mol. The van der Waals surface area contributed by atoms with E-state index in [-0.39, 0.29) is 36.0 Å². The molecule has 1 saturated heterocycles. The summed E-state index contributed by atoms with van der Waals surface area (Å²) in [6.07, 6.45) is 5.43. The van der Waals surface area contributed by atoms with E-state index in [1.54, 1.807) is 40.0 Å². The summed E-state index contributed by atoms with van der Waals surface area (Å²) in [5.41, 5.74) is 4.14. The fourth-order valence-electron chi connectivity index (χ4n) is 5.67. The molecule has 4 aromatic heterocycles. The van der Waals surface area contributed by atoms with E-state index >= 15 is 0 Å². The largest absolute Gasteiger partial charge is 0.364 e. The van der Waals surface area contributed by atoms with Crippen LogP contribution in [0.1, 0.15) is 50.9 Å². The molecule has 1 aliphatic heterocycles. The number of hydrogen-bond acceptors (Lipinski definition) is 6. The minimum absolute atomic E-state index is 0.0826. The van der Waals surface area contributed by atoms with Gasteiger partial charge in [-0.1, -0.05) is 13.8 Å². The molecule has 5 heterocycles. The molecule has 0 N–H and O–H groups in total. The van der Waals surface area contributed by atoms with Crippen LogP contribution in [0, 0.1) is 24.1 Å². The Bertz CT molecular complexity index is 1560. The Morgan fingerprint density at radius 1 is 1.16 bits per heavy atom. The third-order valence-electron chi connectivity index (χ3n) is 7.90. The molecule has 10 heteroatoms. The Hall–Kier alpha value is -3.71. The molecule has 0 aromatic carbocycles. The van der Waals surface area contributed by atoms with Gasteiger partial charge in [-0.2, -0.15) is 15.5 Å². The smallest absolute Gasteiger partial charge is 0.252 e. The third kappa shape index (κ3) is 4.17. The lowest BCUT2D eigenvalue weighted by Gasteiger charge is -2.49. The van der Waals surface area contributed by atoms with Crippen LogP contribution in [0.4, 0.5) is 10.1 Å². The second kappa shape index (κ2) is 9.63. The number of pyridine rings is 2. The molecular formula is C27H33FN8O. The SMILES string of the molecule is CC[C@H]1CN(C(C)c2ccn3nc(C)c(F)c3c2)[C@H](CC)CN1c1cc(=O)n(C)c2cn(CC#N)nc12. The molecule has 1 aliphatic rings. The summed E-state index contributed by atoms with van der Waals surface area (Å²) in [5.74, 6) is -0.275. The quantitative estimate of drug-likeness (QED) is 0.397. The summed E-state index contributed by atoms with van der Waals surface area (Å²) in [7, 11) is 1.74. The van der Waals surface area contributed by atoms with Gasteiger partial charge < -0.3 is 9.47 Å². The van der Waals surface area contributed by atoms with E-state index in [0.717, 1.165) is 48.2 Å². The number of aryl methyl sites for hydroxylation is 2. The van der Waals surface area contributed by atoms with E-state index in [2.05, 4.69) is 46.8 Å². The number of aromatic nitrogens is 5. The van der Waals surface area contributed by atoms with Gasteiger partial charge in [-0.25, -0.2) is 8.91 Å². The zero-order valence-electron chi connectivity index (χ0n) is 22.0. The maximum Gasteiger partial charge on any atom is 0.252 e. The van der Waals surface area contributed by atoms with Gasteiger partial charge in [0.05, 0.1) is 29.2 Å². The van der Waals surface area contributed by atoms with Crippen molar-refractivity contribution in [2.24, 2.45) is 7.05 Å². The van der Waals surface area contributed by atoms with Gasteiger partial charge >= 0.3 is 0 Å². The van der Waals surface area contributed by atoms with Crippen molar-refractivity contribution in [3.05, 3.63) is 58.0 Å². The molecule has 4 aromatic rings. The summed E-state index contributed by atoms with van der Waals surface area (Å²) in [5, 5.41) is 18.1. The number of piperazine rings is 1. The lowest BCUT2D eigenvalue weighted by molar-refractivity contribution is 0.101. The molecule has 0 radical (unpaired) electrons. The summed E-state index contributed by atoms with van der Waals surface area (Å²) >= 11 is 0. The van der Waals surface area contributed by atoms with Gasteiger partial charge in [0, 0.05) is 50.5 Å². The second-order valence-electron chi connectivity index (χ2n) is 9.98. The topological polar surface area (TPSA) is 87.4 Å². The molecule has 3 atom stereocenters. The zero-order valence-corrected chi connectivity index (χ0v) is 22.0. The Balaban J connectivity index is 1.51. The standard InChI is InChI=1S/C27H33FN8O/c1-6-20-15-35(23-13-25(37)32(5)24-16-33(11-9-29)31-27(23)24)21(7-2)14-34(20)18(4)19-8-10-36-22(12-19)26(28)17(3)30-36/h8,10,12-13,16,18,20-21H,6-7,11,14-15H2,1-5H3/t18?,20-,21+/m1/s1. The minimum atomic E-state index is -0.275. The first kappa shape index (κ1) is 25.0. The normalized spacial score (nSPS) is 19.5. The third-order valence-corrected chi connectivity index (χ3v) is 7.90. The number of rotatable bonds is 6. The van der Waals surface area contributed by atoms with Crippen LogP contribution in [0.2, 0.25) is 0 Å². The van der Waals surface area contributed by atoms with Crippen LogP contribution in [-0.2, 0) is 13.6 Å². The van der Waals surface area contributed by atoms with E-state index in [1.165, 1.54) is 0 Å². The Kier molecular flexibility index (Phi) is 6.50. The van der Waals surface area contributed by atoms with Crippen LogP contribution >= 0.6 is 0 Å². The van der Waals surface area contributed by atoms with Gasteiger partial charge in [0.15, 0.2) is 5.82 Å². The first-order valence-electron chi connectivity index (χ1n) is 12.9. The maximum absolute atomic E-state index is 14.6. The minimum Gasteiger partial charge on any atom is -0.364 e. The van der Waals surface area contributed by atoms with Crippen molar-refractivity contribution in [1.29, 1.82) is 5.26 Å². The lowest BCUT2D eigenvalue weighted by atomic mass is 9.96. The molecule has 0 amide bonds. The van der Waals surface area contributed by atoms with Crippen molar-refractivity contribution in [3.8, 4) is 6.07 Å². The Morgan fingerprint density at radius 3 is 2.62 bits per heavy atom. The lowest BCUT2D eigenvalue weighted by Crippen LogP contribution is -2.58. The van der Waals surface area contributed by atoms with Crippen molar-refractivity contribution in [2.45, 2.75) is 65.2 Å². The van der Waals surface area contributed by atoms with Crippen LogP contribution in [0.25, 0.3) is 16.6 Å². The highest BCUT2D eigenvalue weighted by Crippen LogP contribution is 2.34. The second-order valence-corrected chi connectivity index (χ2v) is 9.98. The van der Waals surface area contributed by atoms with Crippen LogP contribution < -0.4 is 10.5 Å². The monoisotopic (exact) mass is 504 g/mol. The van der Waals surface area contributed by atoms with Gasteiger partial charge in [0.2, 0.25) is 0 Å².